The van der Waals surface area contributed by atoms with Gasteiger partial charge in [0.15, 0.2) is 0 Å². The van der Waals surface area contributed by atoms with Gasteiger partial charge < -0.3 is 9.80 Å². The summed E-state index contributed by atoms with van der Waals surface area (Å²) in [7, 11) is 0. The largest absolute Gasteiger partial charge is 0.341 e. The number of hydrogen-bond donors (Lipinski definition) is 0. The third-order valence-electron chi connectivity index (χ3n) is 5.07. The normalized spacial score (nSPS) is 14.2. The molecule has 4 heteroatoms. The topological polar surface area (TPSA) is 32.3 Å². The third kappa shape index (κ3) is 3.95. The van der Waals surface area contributed by atoms with Gasteiger partial charge in [-0.3, -0.25) is 0 Å². The summed E-state index contributed by atoms with van der Waals surface area (Å²) in [5.41, 5.74) is 3.27. The molecule has 0 unspecified atom stereocenters. The van der Waals surface area contributed by atoms with Crippen LogP contribution in [0.15, 0.2) is 66.7 Å². The summed E-state index contributed by atoms with van der Waals surface area (Å²) in [5.74, 6) is 1.80. The lowest BCUT2D eigenvalue weighted by Gasteiger charge is -2.29. The number of piperidine rings is 1. The SMILES string of the molecule is CCN(c1ccccc1)c1cc(-c2ccccc2)nc(N2CCCCC2)n1. The summed E-state index contributed by atoms with van der Waals surface area (Å²) >= 11 is 0. The minimum atomic E-state index is 0.848. The number of benzene rings is 2. The van der Waals surface area contributed by atoms with Crippen molar-refractivity contribution in [2.45, 2.75) is 26.2 Å². The zero-order chi connectivity index (χ0) is 18.5. The molecule has 2 heterocycles. The van der Waals surface area contributed by atoms with Gasteiger partial charge in [-0.2, -0.15) is 4.98 Å². The standard InChI is InChI=1S/C23H26N4/c1-2-27(20-14-8-4-9-15-20)22-18-21(19-12-6-3-7-13-19)24-23(25-22)26-16-10-5-11-17-26/h3-4,6-9,12-15,18H,2,5,10-11,16-17H2,1H3. The average molecular weight is 358 g/mol. The second-order valence-electron chi connectivity index (χ2n) is 6.90. The monoisotopic (exact) mass is 358 g/mol. The van der Waals surface area contributed by atoms with Crippen molar-refractivity contribution >= 4 is 17.5 Å². The molecule has 1 aliphatic heterocycles. The molecule has 0 amide bonds. The van der Waals surface area contributed by atoms with Crippen LogP contribution in [-0.4, -0.2) is 29.6 Å². The Balaban J connectivity index is 1.79. The molecule has 0 saturated carbocycles. The van der Waals surface area contributed by atoms with Crippen LogP contribution >= 0.6 is 0 Å². The quantitative estimate of drug-likeness (QED) is 0.620. The highest BCUT2D eigenvalue weighted by molar-refractivity contribution is 5.69. The average Bonchev–Trinajstić information content (AvgIpc) is 2.76. The van der Waals surface area contributed by atoms with Crippen molar-refractivity contribution < 1.29 is 0 Å². The Bertz CT molecular complexity index is 858. The molecule has 2 aromatic carbocycles. The van der Waals surface area contributed by atoms with E-state index in [2.05, 4.69) is 71.3 Å². The molecule has 1 saturated heterocycles. The lowest BCUT2D eigenvalue weighted by Crippen LogP contribution is -2.31. The maximum Gasteiger partial charge on any atom is 0.227 e. The Morgan fingerprint density at radius 1 is 0.852 bits per heavy atom. The van der Waals surface area contributed by atoms with E-state index in [1.807, 2.05) is 12.1 Å². The lowest BCUT2D eigenvalue weighted by molar-refractivity contribution is 0.568. The van der Waals surface area contributed by atoms with Crippen LogP contribution in [0.3, 0.4) is 0 Å². The molecule has 4 nitrogen and oxygen atoms in total. The highest BCUT2D eigenvalue weighted by Gasteiger charge is 2.18. The number of nitrogens with zero attached hydrogens (tertiary/aromatic N) is 4. The van der Waals surface area contributed by atoms with E-state index < -0.39 is 0 Å². The van der Waals surface area contributed by atoms with Gasteiger partial charge in [0, 0.05) is 37.0 Å². The first kappa shape index (κ1) is 17.5. The van der Waals surface area contributed by atoms with Gasteiger partial charge in [0.1, 0.15) is 5.82 Å². The zero-order valence-corrected chi connectivity index (χ0v) is 15.9. The molecule has 0 radical (unpaired) electrons. The zero-order valence-electron chi connectivity index (χ0n) is 15.9. The first-order valence-corrected chi connectivity index (χ1v) is 9.87. The van der Waals surface area contributed by atoms with Crippen molar-refractivity contribution in [3.8, 4) is 11.3 Å². The minimum absolute atomic E-state index is 0.848. The van der Waals surface area contributed by atoms with E-state index in [9.17, 15) is 0 Å². The molecule has 1 aromatic heterocycles. The molecular formula is C23H26N4. The second-order valence-corrected chi connectivity index (χ2v) is 6.90. The fourth-order valence-corrected chi connectivity index (χ4v) is 3.64. The fourth-order valence-electron chi connectivity index (χ4n) is 3.64. The van der Waals surface area contributed by atoms with Gasteiger partial charge in [0.25, 0.3) is 0 Å². The predicted octanol–water partition coefficient (Wildman–Crippen LogP) is 5.29. The highest BCUT2D eigenvalue weighted by atomic mass is 15.3. The molecule has 4 rings (SSSR count). The maximum atomic E-state index is 4.97. The van der Waals surface area contributed by atoms with E-state index in [4.69, 9.17) is 9.97 Å². The van der Waals surface area contributed by atoms with Crippen molar-refractivity contribution in [3.63, 3.8) is 0 Å². The van der Waals surface area contributed by atoms with Crippen LogP contribution in [0.25, 0.3) is 11.3 Å². The van der Waals surface area contributed by atoms with Crippen LogP contribution in [0, 0.1) is 0 Å². The summed E-state index contributed by atoms with van der Waals surface area (Å²) in [6.07, 6.45) is 3.72. The van der Waals surface area contributed by atoms with Crippen LogP contribution < -0.4 is 9.80 Å². The van der Waals surface area contributed by atoms with Crippen molar-refractivity contribution in [2.24, 2.45) is 0 Å². The molecule has 0 aliphatic carbocycles. The van der Waals surface area contributed by atoms with Gasteiger partial charge in [0.05, 0.1) is 5.69 Å². The number of aromatic nitrogens is 2. The molecule has 1 fully saturated rings. The Morgan fingerprint density at radius 2 is 1.52 bits per heavy atom. The molecular weight excluding hydrogens is 332 g/mol. The number of rotatable bonds is 5. The van der Waals surface area contributed by atoms with Crippen molar-refractivity contribution in [3.05, 3.63) is 66.7 Å². The first-order chi connectivity index (χ1) is 13.3. The summed E-state index contributed by atoms with van der Waals surface area (Å²) in [6, 6.07) is 23.0. The van der Waals surface area contributed by atoms with Gasteiger partial charge in [-0.25, -0.2) is 4.98 Å². The Kier molecular flexibility index (Phi) is 5.33. The van der Waals surface area contributed by atoms with Gasteiger partial charge >= 0.3 is 0 Å². The summed E-state index contributed by atoms with van der Waals surface area (Å²) in [6.45, 7) is 5.09. The minimum Gasteiger partial charge on any atom is -0.341 e. The van der Waals surface area contributed by atoms with Gasteiger partial charge in [-0.1, -0.05) is 48.5 Å². The van der Waals surface area contributed by atoms with E-state index in [0.29, 0.717) is 0 Å². The van der Waals surface area contributed by atoms with Crippen LogP contribution in [0.2, 0.25) is 0 Å². The lowest BCUT2D eigenvalue weighted by atomic mass is 10.1. The van der Waals surface area contributed by atoms with E-state index in [1.165, 1.54) is 19.3 Å². The third-order valence-corrected chi connectivity index (χ3v) is 5.07. The Hall–Kier alpha value is -2.88. The molecule has 1 aliphatic rings. The van der Waals surface area contributed by atoms with Crippen molar-refractivity contribution in [1.82, 2.24) is 9.97 Å². The first-order valence-electron chi connectivity index (χ1n) is 9.87. The van der Waals surface area contributed by atoms with E-state index in [-0.39, 0.29) is 0 Å². The predicted molar refractivity (Wildman–Crippen MR) is 113 cm³/mol. The van der Waals surface area contributed by atoms with Crippen LogP contribution in [0.4, 0.5) is 17.5 Å². The molecule has 27 heavy (non-hydrogen) atoms. The van der Waals surface area contributed by atoms with Gasteiger partial charge in [-0.15, -0.1) is 0 Å². The number of anilines is 3. The summed E-state index contributed by atoms with van der Waals surface area (Å²) in [5, 5.41) is 0. The van der Waals surface area contributed by atoms with Gasteiger partial charge in [-0.05, 0) is 38.3 Å². The van der Waals surface area contributed by atoms with E-state index >= 15 is 0 Å². The number of hydrogen-bond acceptors (Lipinski definition) is 4. The van der Waals surface area contributed by atoms with Crippen LogP contribution in [0.1, 0.15) is 26.2 Å². The van der Waals surface area contributed by atoms with Gasteiger partial charge in [0.2, 0.25) is 5.95 Å². The van der Waals surface area contributed by atoms with Crippen LogP contribution in [0.5, 0.6) is 0 Å². The van der Waals surface area contributed by atoms with Crippen LogP contribution in [-0.2, 0) is 0 Å². The Labute approximate surface area is 161 Å². The number of para-hydroxylation sites is 1. The smallest absolute Gasteiger partial charge is 0.227 e. The fraction of sp³-hybridized carbons (Fsp3) is 0.304. The maximum absolute atomic E-state index is 4.97. The summed E-state index contributed by atoms with van der Waals surface area (Å²) in [4.78, 5) is 14.5. The Morgan fingerprint density at radius 3 is 2.19 bits per heavy atom. The molecule has 3 aromatic rings. The van der Waals surface area contributed by atoms with Crippen molar-refractivity contribution in [2.75, 3.05) is 29.4 Å². The molecule has 0 N–H and O–H groups in total. The second kappa shape index (κ2) is 8.21. The molecule has 0 spiro atoms. The molecule has 0 atom stereocenters. The van der Waals surface area contributed by atoms with E-state index in [1.54, 1.807) is 0 Å². The highest BCUT2D eigenvalue weighted by Crippen LogP contribution is 2.30. The molecule has 0 bridgehead atoms. The molecule has 138 valence electrons. The summed E-state index contributed by atoms with van der Waals surface area (Å²) < 4.78 is 0. The van der Waals surface area contributed by atoms with Crippen molar-refractivity contribution in [1.29, 1.82) is 0 Å². The van der Waals surface area contributed by atoms with E-state index in [0.717, 1.165) is 48.3 Å².